The Morgan fingerprint density at radius 3 is 3.15 bits per heavy atom. The second kappa shape index (κ2) is 7.65. The van der Waals surface area contributed by atoms with E-state index in [1.807, 2.05) is 29.5 Å². The Morgan fingerprint density at radius 2 is 2.37 bits per heavy atom. The summed E-state index contributed by atoms with van der Waals surface area (Å²) < 4.78 is 0. The number of hydrogen-bond donors (Lipinski definition) is 4. The molecule has 3 heterocycles. The number of aromatic nitrogens is 1. The maximum Gasteiger partial charge on any atom is 0.216 e. The molecule has 1 aromatic rings. The highest BCUT2D eigenvalue weighted by atomic mass is 15.6. The van der Waals surface area contributed by atoms with E-state index in [0.29, 0.717) is 0 Å². The molecule has 0 aromatic carbocycles. The lowest BCUT2D eigenvalue weighted by molar-refractivity contribution is 0.359. The second-order valence-corrected chi connectivity index (χ2v) is 6.84. The van der Waals surface area contributed by atoms with E-state index in [2.05, 4.69) is 45.1 Å². The van der Waals surface area contributed by atoms with Crippen molar-refractivity contribution in [3.63, 3.8) is 0 Å². The van der Waals surface area contributed by atoms with Gasteiger partial charge in [-0.05, 0) is 49.5 Å². The smallest absolute Gasteiger partial charge is 0.216 e. The quantitative estimate of drug-likeness (QED) is 0.602. The fourth-order valence-electron chi connectivity index (χ4n) is 3.77. The average Bonchev–Trinajstić information content (AvgIpc) is 3.12. The Labute approximate surface area is 159 Å². The molecular weight excluding hydrogens is 338 g/mol. The molecule has 0 amide bonds. The third-order valence-corrected chi connectivity index (χ3v) is 5.06. The van der Waals surface area contributed by atoms with E-state index in [1.54, 1.807) is 6.20 Å². The Balaban J connectivity index is 1.44. The van der Waals surface area contributed by atoms with E-state index in [1.165, 1.54) is 11.9 Å². The summed E-state index contributed by atoms with van der Waals surface area (Å²) in [7, 11) is 0. The van der Waals surface area contributed by atoms with E-state index in [-0.39, 0.29) is 12.2 Å². The minimum atomic E-state index is -0.0274. The monoisotopic (exact) mass is 363 g/mol. The van der Waals surface area contributed by atoms with Crippen LogP contribution in [0, 0.1) is 5.41 Å². The Kier molecular flexibility index (Phi) is 4.91. The van der Waals surface area contributed by atoms with Crippen LogP contribution in [-0.2, 0) is 0 Å². The number of nitrogens with zero attached hydrogens (tertiary/aromatic N) is 3. The SMILES string of the molecule is CCNC1=C(C=N)CC(NC2=NN3C=CC=C(c4cccnc4)C3N2)CC1. The van der Waals surface area contributed by atoms with Crippen LogP contribution < -0.4 is 16.0 Å². The number of hydrogen-bond acceptors (Lipinski definition) is 7. The number of nitrogens with one attached hydrogen (secondary N) is 4. The van der Waals surface area contributed by atoms with E-state index < -0.39 is 0 Å². The van der Waals surface area contributed by atoms with Crippen LogP contribution in [0.2, 0.25) is 0 Å². The van der Waals surface area contributed by atoms with Crippen molar-refractivity contribution in [1.29, 1.82) is 5.41 Å². The van der Waals surface area contributed by atoms with E-state index in [4.69, 9.17) is 5.41 Å². The zero-order chi connectivity index (χ0) is 18.6. The van der Waals surface area contributed by atoms with Gasteiger partial charge in [-0.2, -0.15) is 0 Å². The van der Waals surface area contributed by atoms with Crippen molar-refractivity contribution in [2.45, 2.75) is 38.4 Å². The predicted molar refractivity (Wildman–Crippen MR) is 108 cm³/mol. The van der Waals surface area contributed by atoms with Crippen LogP contribution in [0.4, 0.5) is 0 Å². The second-order valence-electron chi connectivity index (χ2n) is 6.84. The van der Waals surface area contributed by atoms with Gasteiger partial charge in [-0.3, -0.25) is 4.98 Å². The first-order chi connectivity index (χ1) is 13.3. The highest BCUT2D eigenvalue weighted by Crippen LogP contribution is 2.27. The van der Waals surface area contributed by atoms with Crippen molar-refractivity contribution in [1.82, 2.24) is 25.9 Å². The molecule has 1 aliphatic carbocycles. The molecule has 0 spiro atoms. The van der Waals surface area contributed by atoms with Gasteiger partial charge in [0.1, 0.15) is 6.17 Å². The first-order valence-corrected chi connectivity index (χ1v) is 9.43. The summed E-state index contributed by atoms with van der Waals surface area (Å²) in [6.45, 7) is 2.98. The number of fused-ring (bicyclic) bond motifs is 1. The fourth-order valence-corrected chi connectivity index (χ4v) is 3.77. The lowest BCUT2D eigenvalue weighted by atomic mass is 9.92. The van der Waals surface area contributed by atoms with Crippen LogP contribution in [0.1, 0.15) is 31.7 Å². The summed E-state index contributed by atoms with van der Waals surface area (Å²) in [4.78, 5) is 4.23. The van der Waals surface area contributed by atoms with Crippen LogP contribution in [0.5, 0.6) is 0 Å². The van der Waals surface area contributed by atoms with Crippen molar-refractivity contribution >= 4 is 17.7 Å². The van der Waals surface area contributed by atoms with Crippen LogP contribution in [-0.4, -0.2) is 40.9 Å². The average molecular weight is 363 g/mol. The molecule has 0 fully saturated rings. The van der Waals surface area contributed by atoms with Crippen molar-refractivity contribution in [3.8, 4) is 0 Å². The highest BCUT2D eigenvalue weighted by molar-refractivity contribution is 5.86. The molecule has 0 bridgehead atoms. The standard InChI is InChI=1S/C20H25N7/c1-2-23-18-8-7-16(11-15(18)12-21)24-20-25-19-17(6-4-10-27(19)26-20)14-5-3-9-22-13-14/h3-6,9-10,12-13,16,19,21,23H,2,7-8,11H2,1H3,(H2,24,25,26). The van der Waals surface area contributed by atoms with Gasteiger partial charge >= 0.3 is 0 Å². The van der Waals surface area contributed by atoms with Gasteiger partial charge in [-0.1, -0.05) is 12.1 Å². The molecular formula is C20H25N7. The summed E-state index contributed by atoms with van der Waals surface area (Å²) in [5.74, 6) is 0.780. The van der Waals surface area contributed by atoms with E-state index in [0.717, 1.165) is 48.5 Å². The topological polar surface area (TPSA) is 88.4 Å². The molecule has 27 heavy (non-hydrogen) atoms. The third kappa shape index (κ3) is 3.58. The van der Waals surface area contributed by atoms with Crippen LogP contribution in [0.15, 0.2) is 59.2 Å². The summed E-state index contributed by atoms with van der Waals surface area (Å²) in [5.41, 5.74) is 4.51. The van der Waals surface area contributed by atoms with Crippen LogP contribution in [0.25, 0.3) is 5.57 Å². The van der Waals surface area contributed by atoms with Gasteiger partial charge in [-0.15, -0.1) is 5.10 Å². The molecule has 2 atom stereocenters. The lowest BCUT2D eigenvalue weighted by Gasteiger charge is -2.28. The fraction of sp³-hybridized carbons (Fsp3) is 0.350. The van der Waals surface area contributed by atoms with E-state index >= 15 is 0 Å². The zero-order valence-electron chi connectivity index (χ0n) is 15.4. The van der Waals surface area contributed by atoms with Gasteiger partial charge in [0.05, 0.1) is 0 Å². The molecule has 0 saturated carbocycles. The Morgan fingerprint density at radius 1 is 1.44 bits per heavy atom. The van der Waals surface area contributed by atoms with Gasteiger partial charge in [0.25, 0.3) is 0 Å². The molecule has 2 aliphatic heterocycles. The zero-order valence-corrected chi connectivity index (χ0v) is 15.4. The maximum absolute atomic E-state index is 7.71. The van der Waals surface area contributed by atoms with Crippen molar-refractivity contribution in [2.75, 3.05) is 6.54 Å². The molecule has 2 unspecified atom stereocenters. The van der Waals surface area contributed by atoms with Crippen molar-refractivity contribution in [3.05, 3.63) is 59.7 Å². The molecule has 7 heteroatoms. The molecule has 140 valence electrons. The first kappa shape index (κ1) is 17.3. The molecule has 0 saturated heterocycles. The minimum Gasteiger partial charge on any atom is -0.388 e. The lowest BCUT2D eigenvalue weighted by Crippen LogP contribution is -2.46. The summed E-state index contributed by atoms with van der Waals surface area (Å²) >= 11 is 0. The third-order valence-electron chi connectivity index (χ3n) is 5.06. The Hall–Kier alpha value is -3.09. The molecule has 4 rings (SSSR count). The summed E-state index contributed by atoms with van der Waals surface area (Å²) in [6, 6.07) is 4.28. The van der Waals surface area contributed by atoms with Crippen LogP contribution in [0.3, 0.4) is 0 Å². The van der Waals surface area contributed by atoms with Gasteiger partial charge in [0.15, 0.2) is 0 Å². The molecule has 7 nitrogen and oxygen atoms in total. The first-order valence-electron chi connectivity index (χ1n) is 9.43. The predicted octanol–water partition coefficient (Wildman–Crippen LogP) is 2.15. The van der Waals surface area contributed by atoms with Crippen molar-refractivity contribution < 1.29 is 0 Å². The molecule has 3 aliphatic rings. The molecule has 1 aromatic heterocycles. The number of guanidine groups is 1. The summed E-state index contributed by atoms with van der Waals surface area (Å²) in [6.07, 6.45) is 14.0. The largest absolute Gasteiger partial charge is 0.388 e. The van der Waals surface area contributed by atoms with E-state index in [9.17, 15) is 0 Å². The van der Waals surface area contributed by atoms with Gasteiger partial charge in [0, 0.05) is 48.7 Å². The van der Waals surface area contributed by atoms with Gasteiger partial charge in [0.2, 0.25) is 5.96 Å². The maximum atomic E-state index is 7.71. The molecule has 4 N–H and O–H groups in total. The number of allylic oxidation sites excluding steroid dienone is 3. The van der Waals surface area contributed by atoms with Crippen LogP contribution >= 0.6 is 0 Å². The Bertz CT molecular complexity index is 822. The number of rotatable bonds is 5. The molecule has 0 radical (unpaired) electrons. The normalized spacial score (nSPS) is 24.0. The highest BCUT2D eigenvalue weighted by Gasteiger charge is 2.31. The number of pyridine rings is 1. The van der Waals surface area contributed by atoms with Gasteiger partial charge in [-0.25, -0.2) is 5.01 Å². The number of hydrazone groups is 1. The summed E-state index contributed by atoms with van der Waals surface area (Å²) in [5, 5.41) is 24.7. The minimum absolute atomic E-state index is 0.0274. The van der Waals surface area contributed by atoms with Gasteiger partial charge < -0.3 is 21.4 Å². The van der Waals surface area contributed by atoms with Crippen molar-refractivity contribution in [2.24, 2.45) is 5.10 Å².